The third kappa shape index (κ3) is 9.59. The maximum Gasteiger partial charge on any atom is 0.318 e. The zero-order valence-electron chi connectivity index (χ0n) is 28.7. The van der Waals surface area contributed by atoms with Crippen molar-refractivity contribution in [2.45, 2.75) is 50.5 Å². The molecule has 0 spiro atoms. The number of aliphatic hydroxyl groups excluding tert-OH is 1. The fraction of sp³-hybridized carbons (Fsp3) is 0.342. The highest BCUT2D eigenvalue weighted by Gasteiger charge is 2.34. The van der Waals surface area contributed by atoms with Crippen molar-refractivity contribution in [1.29, 1.82) is 0 Å². The van der Waals surface area contributed by atoms with E-state index < -0.39 is 42.1 Å². The number of likely N-dealkylation sites (N-methyl/N-ethyl adjacent to an activating group) is 1. The molecular weight excluding hydrogens is 652 g/mol. The van der Waals surface area contributed by atoms with Gasteiger partial charge in [0.15, 0.2) is 0 Å². The van der Waals surface area contributed by atoms with Crippen LogP contribution in [-0.2, 0) is 43.3 Å². The van der Waals surface area contributed by atoms with Crippen molar-refractivity contribution < 1.29 is 33.8 Å². The van der Waals surface area contributed by atoms with E-state index in [0.717, 1.165) is 11.1 Å². The Bertz CT molecular complexity index is 1810. The van der Waals surface area contributed by atoms with Gasteiger partial charge in [-0.3, -0.25) is 23.7 Å². The van der Waals surface area contributed by atoms with Crippen molar-refractivity contribution in [1.82, 2.24) is 30.3 Å². The maximum absolute atomic E-state index is 14.3. The standard InChI is InChI=1S/C38H44N6O7/c1-26(46)34(41-38(50)43-17-19-51-20-18-43)36(48)39-31(22-29-24-44(25-45)33-16-10-9-15-30(29)33)35(47)40-32(21-27-11-5-3-6-12-27)37(49)42(2)23-28-13-7-4-8-14-28/h3-16,24-26,31-32,34,46H,17-23H2,1-2H3,(H,39,48)(H,40,47)(H,41,50)/t26?,31-,32+,34?/m1/s1. The molecule has 268 valence electrons. The van der Waals surface area contributed by atoms with E-state index in [0.29, 0.717) is 55.7 Å². The lowest BCUT2D eigenvalue weighted by molar-refractivity contribution is -0.137. The summed E-state index contributed by atoms with van der Waals surface area (Å²) in [6, 6.07) is 21.7. The second-order valence-corrected chi connectivity index (χ2v) is 12.6. The Morgan fingerprint density at radius 3 is 2.08 bits per heavy atom. The lowest BCUT2D eigenvalue weighted by Crippen LogP contribution is -2.61. The van der Waals surface area contributed by atoms with Gasteiger partial charge in [0.25, 0.3) is 0 Å². The lowest BCUT2D eigenvalue weighted by Gasteiger charge is -2.31. The number of para-hydroxylation sites is 1. The molecule has 3 aromatic carbocycles. The second kappa shape index (κ2) is 17.4. The van der Waals surface area contributed by atoms with Gasteiger partial charge in [0.1, 0.15) is 18.1 Å². The Kier molecular flexibility index (Phi) is 12.5. The third-order valence-electron chi connectivity index (χ3n) is 8.87. The number of ether oxygens (including phenoxy) is 1. The first kappa shape index (κ1) is 36.7. The number of carbonyl (C=O) groups excluding carboxylic acids is 5. The van der Waals surface area contributed by atoms with Gasteiger partial charge in [-0.15, -0.1) is 0 Å². The van der Waals surface area contributed by atoms with Gasteiger partial charge in [-0.1, -0.05) is 78.9 Å². The van der Waals surface area contributed by atoms with Crippen LogP contribution in [-0.4, -0.2) is 107 Å². The molecule has 1 aliphatic rings. The van der Waals surface area contributed by atoms with Crippen LogP contribution in [0.1, 0.15) is 23.6 Å². The molecule has 5 amide bonds. The zero-order chi connectivity index (χ0) is 36.3. The third-order valence-corrected chi connectivity index (χ3v) is 8.87. The Morgan fingerprint density at radius 2 is 1.43 bits per heavy atom. The summed E-state index contributed by atoms with van der Waals surface area (Å²) in [5.41, 5.74) is 2.94. The fourth-order valence-electron chi connectivity index (χ4n) is 6.14. The van der Waals surface area contributed by atoms with Gasteiger partial charge >= 0.3 is 6.03 Å². The van der Waals surface area contributed by atoms with Crippen LogP contribution in [0, 0.1) is 0 Å². The highest BCUT2D eigenvalue weighted by Crippen LogP contribution is 2.22. The van der Waals surface area contributed by atoms with Crippen LogP contribution in [0.15, 0.2) is 91.1 Å². The molecule has 2 heterocycles. The number of nitrogens with zero attached hydrogens (tertiary/aromatic N) is 3. The van der Waals surface area contributed by atoms with Crippen LogP contribution in [0.3, 0.4) is 0 Å². The Morgan fingerprint density at radius 1 is 0.824 bits per heavy atom. The van der Waals surface area contributed by atoms with Gasteiger partial charge in [-0.25, -0.2) is 4.79 Å². The highest BCUT2D eigenvalue weighted by molar-refractivity contribution is 5.95. The molecule has 4 atom stereocenters. The number of hydrogen-bond donors (Lipinski definition) is 4. The normalized spacial score (nSPS) is 15.2. The van der Waals surface area contributed by atoms with Gasteiger partial charge in [0.05, 0.1) is 24.8 Å². The van der Waals surface area contributed by atoms with Crippen molar-refractivity contribution in [2.75, 3.05) is 33.4 Å². The Balaban J connectivity index is 1.43. The molecule has 0 bridgehead atoms. The first-order valence-corrected chi connectivity index (χ1v) is 16.9. The number of carbonyl (C=O) groups is 5. The molecule has 13 heteroatoms. The number of amides is 5. The molecule has 0 radical (unpaired) electrons. The molecule has 13 nitrogen and oxygen atoms in total. The topological polar surface area (TPSA) is 162 Å². The molecule has 4 aromatic rings. The summed E-state index contributed by atoms with van der Waals surface area (Å²) < 4.78 is 6.70. The average Bonchev–Trinajstić information content (AvgIpc) is 3.51. The van der Waals surface area contributed by atoms with Crippen molar-refractivity contribution >= 4 is 41.1 Å². The van der Waals surface area contributed by atoms with Crippen molar-refractivity contribution in [3.63, 3.8) is 0 Å². The highest BCUT2D eigenvalue weighted by atomic mass is 16.5. The number of rotatable bonds is 14. The summed E-state index contributed by atoms with van der Waals surface area (Å²) in [7, 11) is 1.66. The zero-order valence-corrected chi connectivity index (χ0v) is 28.7. The smallest absolute Gasteiger partial charge is 0.318 e. The molecule has 1 aliphatic heterocycles. The molecular formula is C38H44N6O7. The van der Waals surface area contributed by atoms with Crippen LogP contribution in [0.4, 0.5) is 4.79 Å². The van der Waals surface area contributed by atoms with Crippen LogP contribution < -0.4 is 16.0 Å². The summed E-state index contributed by atoms with van der Waals surface area (Å²) in [4.78, 5) is 70.0. The monoisotopic (exact) mass is 696 g/mol. The van der Waals surface area contributed by atoms with E-state index in [1.54, 1.807) is 36.3 Å². The van der Waals surface area contributed by atoms with E-state index in [-0.39, 0.29) is 18.7 Å². The summed E-state index contributed by atoms with van der Waals surface area (Å²) in [6.45, 7) is 3.01. The summed E-state index contributed by atoms with van der Waals surface area (Å²) in [5, 5.41) is 19.5. The predicted molar refractivity (Wildman–Crippen MR) is 191 cm³/mol. The quantitative estimate of drug-likeness (QED) is 0.146. The molecule has 1 saturated heterocycles. The molecule has 1 aromatic heterocycles. The van der Waals surface area contributed by atoms with Gasteiger partial charge < -0.3 is 35.6 Å². The van der Waals surface area contributed by atoms with E-state index in [9.17, 15) is 29.1 Å². The van der Waals surface area contributed by atoms with Crippen LogP contribution >= 0.6 is 0 Å². The van der Waals surface area contributed by atoms with E-state index >= 15 is 0 Å². The van der Waals surface area contributed by atoms with Crippen molar-refractivity contribution in [3.8, 4) is 0 Å². The van der Waals surface area contributed by atoms with E-state index in [2.05, 4.69) is 16.0 Å². The van der Waals surface area contributed by atoms with Gasteiger partial charge in [-0.05, 0) is 29.7 Å². The van der Waals surface area contributed by atoms with E-state index in [1.807, 2.05) is 66.7 Å². The van der Waals surface area contributed by atoms with Gasteiger partial charge in [0.2, 0.25) is 24.1 Å². The van der Waals surface area contributed by atoms with Crippen LogP contribution in [0.25, 0.3) is 10.9 Å². The number of fused-ring (bicyclic) bond motifs is 1. The molecule has 2 unspecified atom stereocenters. The molecule has 0 aliphatic carbocycles. The second-order valence-electron chi connectivity index (χ2n) is 12.6. The summed E-state index contributed by atoms with van der Waals surface area (Å²) in [5.74, 6) is -1.78. The minimum Gasteiger partial charge on any atom is -0.391 e. The number of aromatic nitrogens is 1. The van der Waals surface area contributed by atoms with Crippen molar-refractivity contribution in [2.24, 2.45) is 0 Å². The fourth-order valence-corrected chi connectivity index (χ4v) is 6.14. The number of aliphatic hydroxyl groups is 1. The maximum atomic E-state index is 14.3. The number of nitrogens with one attached hydrogen (secondary N) is 3. The summed E-state index contributed by atoms with van der Waals surface area (Å²) in [6.07, 6.45) is 1.06. The largest absolute Gasteiger partial charge is 0.391 e. The SMILES string of the molecule is CC(O)C(NC(=O)N1CCOCC1)C(=O)N[C@H](Cc1cn(C=O)c2ccccc12)C(=O)N[C@@H](Cc1ccccc1)C(=O)N(C)Cc1ccccc1. The lowest BCUT2D eigenvalue weighted by atomic mass is 10.0. The van der Waals surface area contributed by atoms with E-state index in [1.165, 1.54) is 16.4 Å². The average molecular weight is 697 g/mol. The first-order chi connectivity index (χ1) is 24.6. The number of morpholine rings is 1. The minimum absolute atomic E-state index is 0.0605. The van der Waals surface area contributed by atoms with Gasteiger partial charge in [0, 0.05) is 51.1 Å². The molecule has 1 fully saturated rings. The molecule has 4 N–H and O–H groups in total. The Labute approximate surface area is 296 Å². The number of benzene rings is 3. The molecule has 51 heavy (non-hydrogen) atoms. The Hall–Kier alpha value is -5.53. The van der Waals surface area contributed by atoms with Crippen molar-refractivity contribution in [3.05, 3.63) is 108 Å². The minimum atomic E-state index is -1.40. The van der Waals surface area contributed by atoms with Crippen LogP contribution in [0.5, 0.6) is 0 Å². The van der Waals surface area contributed by atoms with Crippen LogP contribution in [0.2, 0.25) is 0 Å². The van der Waals surface area contributed by atoms with Gasteiger partial charge in [-0.2, -0.15) is 0 Å². The summed E-state index contributed by atoms with van der Waals surface area (Å²) >= 11 is 0. The number of urea groups is 1. The predicted octanol–water partition coefficient (Wildman–Crippen LogP) is 1.88. The number of hydrogen-bond acceptors (Lipinski definition) is 7. The molecule has 5 rings (SSSR count). The first-order valence-electron chi connectivity index (χ1n) is 16.9. The van der Waals surface area contributed by atoms with E-state index in [4.69, 9.17) is 4.74 Å². The molecule has 0 saturated carbocycles.